The third-order valence-electron chi connectivity index (χ3n) is 4.06. The van der Waals surface area contributed by atoms with Gasteiger partial charge >= 0.3 is 5.97 Å². The van der Waals surface area contributed by atoms with Gasteiger partial charge in [0.05, 0.1) is 6.61 Å². The second-order valence-electron chi connectivity index (χ2n) is 5.53. The SMILES string of the molecule is C=CCC1(C(=O)OCC)CCCN(C(=O)c2ccccc2)C1=O. The fourth-order valence-corrected chi connectivity index (χ4v) is 2.91. The number of ether oxygens (including phenoxy) is 1. The molecular formula is C18H21NO4. The first kappa shape index (κ1) is 16.9. The largest absolute Gasteiger partial charge is 0.465 e. The minimum absolute atomic E-state index is 0.170. The molecular weight excluding hydrogens is 294 g/mol. The van der Waals surface area contributed by atoms with Gasteiger partial charge in [0.25, 0.3) is 5.91 Å². The summed E-state index contributed by atoms with van der Waals surface area (Å²) >= 11 is 0. The van der Waals surface area contributed by atoms with Gasteiger partial charge in [-0.3, -0.25) is 19.3 Å². The molecule has 1 fully saturated rings. The van der Waals surface area contributed by atoms with Crippen molar-refractivity contribution in [3.05, 3.63) is 48.6 Å². The van der Waals surface area contributed by atoms with Crippen molar-refractivity contribution in [2.45, 2.75) is 26.2 Å². The van der Waals surface area contributed by atoms with Gasteiger partial charge in [0, 0.05) is 12.1 Å². The second kappa shape index (κ2) is 7.22. The van der Waals surface area contributed by atoms with E-state index < -0.39 is 17.3 Å². The molecule has 1 aromatic carbocycles. The predicted octanol–water partition coefficient (Wildman–Crippen LogP) is 2.57. The number of hydrogen-bond donors (Lipinski definition) is 0. The summed E-state index contributed by atoms with van der Waals surface area (Å²) < 4.78 is 5.10. The first-order valence-electron chi connectivity index (χ1n) is 7.76. The Hall–Kier alpha value is -2.43. The Balaban J connectivity index is 2.33. The van der Waals surface area contributed by atoms with Crippen molar-refractivity contribution >= 4 is 17.8 Å². The lowest BCUT2D eigenvalue weighted by Crippen LogP contribution is -2.55. The lowest BCUT2D eigenvalue weighted by molar-refractivity contribution is -0.166. The van der Waals surface area contributed by atoms with Gasteiger partial charge in [0.15, 0.2) is 5.41 Å². The zero-order chi connectivity index (χ0) is 16.9. The molecule has 1 aliphatic heterocycles. The summed E-state index contributed by atoms with van der Waals surface area (Å²) in [6, 6.07) is 8.59. The van der Waals surface area contributed by atoms with E-state index in [2.05, 4.69) is 6.58 Å². The Morgan fingerprint density at radius 2 is 2.04 bits per heavy atom. The zero-order valence-electron chi connectivity index (χ0n) is 13.3. The molecule has 1 unspecified atom stereocenters. The molecule has 0 N–H and O–H groups in total. The van der Waals surface area contributed by atoms with Gasteiger partial charge in [-0.2, -0.15) is 0 Å². The summed E-state index contributed by atoms with van der Waals surface area (Å²) in [6.07, 6.45) is 2.64. The number of likely N-dealkylation sites (tertiary alicyclic amines) is 1. The number of benzene rings is 1. The Morgan fingerprint density at radius 3 is 2.65 bits per heavy atom. The maximum atomic E-state index is 12.9. The van der Waals surface area contributed by atoms with Gasteiger partial charge in [-0.25, -0.2) is 0 Å². The number of nitrogens with zero attached hydrogens (tertiary/aromatic N) is 1. The minimum Gasteiger partial charge on any atom is -0.465 e. The Morgan fingerprint density at radius 1 is 1.35 bits per heavy atom. The summed E-state index contributed by atoms with van der Waals surface area (Å²) in [6.45, 7) is 5.84. The van der Waals surface area contributed by atoms with Gasteiger partial charge in [0.1, 0.15) is 0 Å². The van der Waals surface area contributed by atoms with Gasteiger partial charge < -0.3 is 4.74 Å². The van der Waals surface area contributed by atoms with Crippen LogP contribution in [-0.2, 0) is 14.3 Å². The molecule has 0 radical (unpaired) electrons. The van der Waals surface area contributed by atoms with Crippen LogP contribution in [0.3, 0.4) is 0 Å². The van der Waals surface area contributed by atoms with E-state index in [0.29, 0.717) is 24.9 Å². The molecule has 23 heavy (non-hydrogen) atoms. The average Bonchev–Trinajstić information content (AvgIpc) is 2.57. The van der Waals surface area contributed by atoms with Crippen molar-refractivity contribution in [3.63, 3.8) is 0 Å². The van der Waals surface area contributed by atoms with E-state index >= 15 is 0 Å². The molecule has 0 aromatic heterocycles. The predicted molar refractivity (Wildman–Crippen MR) is 85.6 cm³/mol. The molecule has 2 rings (SSSR count). The Bertz CT molecular complexity index is 611. The van der Waals surface area contributed by atoms with Crippen molar-refractivity contribution in [1.29, 1.82) is 0 Å². The van der Waals surface area contributed by atoms with E-state index in [9.17, 15) is 14.4 Å². The minimum atomic E-state index is -1.33. The van der Waals surface area contributed by atoms with E-state index in [-0.39, 0.29) is 18.9 Å². The van der Waals surface area contributed by atoms with Crippen LogP contribution in [0.5, 0.6) is 0 Å². The highest BCUT2D eigenvalue weighted by Gasteiger charge is 2.51. The first-order valence-corrected chi connectivity index (χ1v) is 7.76. The van der Waals surface area contributed by atoms with Crippen LogP contribution in [0.1, 0.15) is 36.5 Å². The maximum absolute atomic E-state index is 12.9. The summed E-state index contributed by atoms with van der Waals surface area (Å²) in [5.74, 6) is -1.44. The summed E-state index contributed by atoms with van der Waals surface area (Å²) in [4.78, 5) is 39.1. The smallest absolute Gasteiger partial charge is 0.321 e. The molecule has 0 bridgehead atoms. The first-order chi connectivity index (χ1) is 11.1. The van der Waals surface area contributed by atoms with E-state index in [1.54, 1.807) is 37.3 Å². The Kier molecular flexibility index (Phi) is 5.32. The molecule has 5 heteroatoms. The molecule has 1 heterocycles. The molecule has 1 atom stereocenters. The van der Waals surface area contributed by atoms with E-state index in [1.807, 2.05) is 0 Å². The summed E-state index contributed by atoms with van der Waals surface area (Å²) in [5.41, 5.74) is -0.903. The van der Waals surface area contributed by atoms with Crippen LogP contribution in [-0.4, -0.2) is 35.8 Å². The van der Waals surface area contributed by atoms with Crippen molar-refractivity contribution in [1.82, 2.24) is 4.90 Å². The average molecular weight is 315 g/mol. The number of imide groups is 1. The molecule has 0 spiro atoms. The highest BCUT2D eigenvalue weighted by Crippen LogP contribution is 2.37. The molecule has 2 amide bonds. The van der Waals surface area contributed by atoms with Crippen molar-refractivity contribution in [3.8, 4) is 0 Å². The van der Waals surface area contributed by atoms with Crippen LogP contribution in [0, 0.1) is 5.41 Å². The number of allylic oxidation sites excluding steroid dienone is 1. The van der Waals surface area contributed by atoms with Gasteiger partial charge in [-0.1, -0.05) is 24.3 Å². The Labute approximate surface area is 135 Å². The molecule has 1 aromatic rings. The van der Waals surface area contributed by atoms with Crippen LogP contribution in [0.25, 0.3) is 0 Å². The number of amides is 2. The standard InChI is InChI=1S/C18H21NO4/c1-3-11-18(17(22)23-4-2)12-8-13-19(16(18)21)15(20)14-9-6-5-7-10-14/h3,5-7,9-10H,1,4,8,11-13H2,2H3. The van der Waals surface area contributed by atoms with Crippen LogP contribution >= 0.6 is 0 Å². The topological polar surface area (TPSA) is 63.7 Å². The second-order valence-corrected chi connectivity index (χ2v) is 5.53. The molecule has 5 nitrogen and oxygen atoms in total. The van der Waals surface area contributed by atoms with Crippen LogP contribution in [0.4, 0.5) is 0 Å². The molecule has 1 saturated heterocycles. The summed E-state index contributed by atoms with van der Waals surface area (Å²) in [7, 11) is 0. The zero-order valence-corrected chi connectivity index (χ0v) is 13.3. The maximum Gasteiger partial charge on any atom is 0.321 e. The lowest BCUT2D eigenvalue weighted by Gasteiger charge is -2.38. The van der Waals surface area contributed by atoms with E-state index in [1.165, 1.54) is 11.0 Å². The number of esters is 1. The molecule has 1 aliphatic rings. The fraction of sp³-hybridized carbons (Fsp3) is 0.389. The van der Waals surface area contributed by atoms with Gasteiger partial charge in [0.2, 0.25) is 5.91 Å². The molecule has 122 valence electrons. The van der Waals surface area contributed by atoms with Crippen molar-refractivity contribution in [2.24, 2.45) is 5.41 Å². The highest BCUT2D eigenvalue weighted by atomic mass is 16.5. The van der Waals surface area contributed by atoms with Gasteiger partial charge in [-0.15, -0.1) is 6.58 Å². The third kappa shape index (κ3) is 3.18. The van der Waals surface area contributed by atoms with Crippen molar-refractivity contribution < 1.29 is 19.1 Å². The quantitative estimate of drug-likeness (QED) is 0.362. The van der Waals surface area contributed by atoms with Crippen LogP contribution < -0.4 is 0 Å². The number of carbonyl (C=O) groups excluding carboxylic acids is 3. The fourth-order valence-electron chi connectivity index (χ4n) is 2.91. The highest BCUT2D eigenvalue weighted by molar-refractivity contribution is 6.13. The van der Waals surface area contributed by atoms with Crippen LogP contribution in [0.2, 0.25) is 0 Å². The normalized spacial score (nSPS) is 20.9. The molecule has 0 aliphatic carbocycles. The van der Waals surface area contributed by atoms with Gasteiger partial charge in [-0.05, 0) is 38.3 Å². The number of carbonyl (C=O) groups is 3. The number of rotatable bonds is 5. The van der Waals surface area contributed by atoms with Crippen molar-refractivity contribution in [2.75, 3.05) is 13.2 Å². The van der Waals surface area contributed by atoms with E-state index in [0.717, 1.165) is 0 Å². The monoisotopic (exact) mass is 315 g/mol. The number of piperidine rings is 1. The molecule has 0 saturated carbocycles. The summed E-state index contributed by atoms with van der Waals surface area (Å²) in [5, 5.41) is 0. The number of hydrogen-bond acceptors (Lipinski definition) is 4. The third-order valence-corrected chi connectivity index (χ3v) is 4.06. The van der Waals surface area contributed by atoms with E-state index in [4.69, 9.17) is 4.74 Å². The van der Waals surface area contributed by atoms with Crippen LogP contribution in [0.15, 0.2) is 43.0 Å². The lowest BCUT2D eigenvalue weighted by atomic mass is 9.76.